The molecule has 3 fully saturated rings. The zero-order chi connectivity index (χ0) is 39.8. The maximum atomic E-state index is 15.1. The number of carbonyl (C=O) groups excluding carboxylic acids is 8. The molecule has 2 aliphatic carbocycles. The Morgan fingerprint density at radius 1 is 0.774 bits per heavy atom. The fourth-order valence-electron chi connectivity index (χ4n) is 8.46. The number of carbonyl (C=O) groups is 8. The molecule has 11 unspecified atom stereocenters. The summed E-state index contributed by atoms with van der Waals surface area (Å²) < 4.78 is 41.2. The smallest absolute Gasteiger partial charge is 0.338 e. The second kappa shape index (κ2) is 15.0. The van der Waals surface area contributed by atoms with Crippen molar-refractivity contribution in [1.29, 1.82) is 0 Å². The summed E-state index contributed by atoms with van der Waals surface area (Å²) in [6, 6.07) is 7.80. The Hall–Kier alpha value is -4.70. The minimum Gasteiger partial charge on any atom is -0.465 e. The van der Waals surface area contributed by atoms with Crippen molar-refractivity contribution in [3.63, 3.8) is 0 Å². The number of Topliss-reactive ketones (excluding diaryl/α,β-unsaturated/α-hetero) is 2. The van der Waals surface area contributed by atoms with Gasteiger partial charge in [-0.25, -0.2) is 4.79 Å². The Balaban J connectivity index is 2.19. The van der Waals surface area contributed by atoms with Crippen molar-refractivity contribution in [3.8, 4) is 0 Å². The van der Waals surface area contributed by atoms with Gasteiger partial charge in [0.05, 0.1) is 17.4 Å². The number of hydrogen-bond acceptors (Lipinski definition) is 16. The van der Waals surface area contributed by atoms with E-state index in [4.69, 9.17) is 33.2 Å². The van der Waals surface area contributed by atoms with E-state index >= 15 is 4.79 Å². The van der Waals surface area contributed by atoms with Gasteiger partial charge in [-0.1, -0.05) is 32.0 Å². The minimum atomic E-state index is -2.72. The summed E-state index contributed by atoms with van der Waals surface area (Å²) in [5.74, 6) is -12.1. The van der Waals surface area contributed by atoms with Crippen LogP contribution in [0.5, 0.6) is 0 Å². The number of ketones is 2. The van der Waals surface area contributed by atoms with Gasteiger partial charge in [0.1, 0.15) is 41.7 Å². The van der Waals surface area contributed by atoms with Gasteiger partial charge in [0.2, 0.25) is 0 Å². The molecule has 1 spiro atoms. The van der Waals surface area contributed by atoms with Gasteiger partial charge in [0, 0.05) is 40.5 Å². The van der Waals surface area contributed by atoms with Crippen molar-refractivity contribution in [2.45, 2.75) is 110 Å². The van der Waals surface area contributed by atoms with E-state index in [1.807, 2.05) is 0 Å². The van der Waals surface area contributed by atoms with Crippen LogP contribution in [0, 0.1) is 23.2 Å². The van der Waals surface area contributed by atoms with Gasteiger partial charge in [0.15, 0.2) is 29.7 Å². The van der Waals surface area contributed by atoms with Crippen LogP contribution < -0.4 is 0 Å². The van der Waals surface area contributed by atoms with Gasteiger partial charge in [-0.2, -0.15) is 0 Å². The van der Waals surface area contributed by atoms with E-state index in [1.165, 1.54) is 19.1 Å². The molecule has 4 rings (SSSR count). The van der Waals surface area contributed by atoms with Crippen LogP contribution in [0.4, 0.5) is 0 Å². The number of rotatable bonds is 12. The molecule has 1 aromatic rings. The Bertz CT molecular complexity index is 1670. The van der Waals surface area contributed by atoms with Crippen LogP contribution in [-0.2, 0) is 66.7 Å². The van der Waals surface area contributed by atoms with Crippen molar-refractivity contribution in [1.82, 2.24) is 0 Å². The first-order valence-corrected chi connectivity index (χ1v) is 17.2. The molecule has 1 aliphatic heterocycles. The highest BCUT2D eigenvalue weighted by molar-refractivity contribution is 5.95. The van der Waals surface area contributed by atoms with E-state index in [2.05, 4.69) is 0 Å². The van der Waals surface area contributed by atoms with E-state index in [1.54, 1.807) is 32.0 Å². The molecular weight excluding hydrogens is 700 g/mol. The van der Waals surface area contributed by atoms with Crippen molar-refractivity contribution < 1.29 is 76.6 Å². The van der Waals surface area contributed by atoms with Gasteiger partial charge in [-0.3, -0.25) is 33.6 Å². The summed E-state index contributed by atoms with van der Waals surface area (Å²) in [6.07, 6.45) is -7.85. The van der Waals surface area contributed by atoms with Gasteiger partial charge in [0.25, 0.3) is 0 Å². The van der Waals surface area contributed by atoms with Gasteiger partial charge in [-0.15, -0.1) is 0 Å². The van der Waals surface area contributed by atoms with E-state index in [-0.39, 0.29) is 12.0 Å². The predicted octanol–water partition coefficient (Wildman–Crippen LogP) is 1.84. The second-order valence-electron chi connectivity index (χ2n) is 14.3. The fourth-order valence-corrected chi connectivity index (χ4v) is 8.46. The van der Waals surface area contributed by atoms with Crippen LogP contribution >= 0.6 is 0 Å². The van der Waals surface area contributed by atoms with Crippen LogP contribution in [0.15, 0.2) is 30.3 Å². The lowest BCUT2D eigenvalue weighted by Gasteiger charge is -2.67. The first-order chi connectivity index (χ1) is 24.6. The standard InChI is InChI=1S/C37H46O16/c1-10-18(2)27(43)25-29(49-20(4)39)32(52-23(7)42)36(17-47-19(3)38)31(51-22(6)41)28(44)26-30(50-21(5)40)37(36,35(25,9)46)53-34(26,8)16-48-33(45)24-14-12-11-13-15-24/h11-15,18,25-26,29-32,46H,10,16-17H2,1-9H3. The largest absolute Gasteiger partial charge is 0.465 e. The lowest BCUT2D eigenvalue weighted by Crippen LogP contribution is -2.88. The number of benzene rings is 1. The lowest BCUT2D eigenvalue weighted by atomic mass is 9.43. The summed E-state index contributed by atoms with van der Waals surface area (Å²) in [6.45, 7) is 8.82. The van der Waals surface area contributed by atoms with Crippen LogP contribution in [0.25, 0.3) is 0 Å². The number of ether oxygens (including phenoxy) is 7. The van der Waals surface area contributed by atoms with E-state index < -0.39 is 125 Å². The molecule has 11 atom stereocenters. The normalized spacial score (nSPS) is 34.8. The third kappa shape index (κ3) is 6.82. The SMILES string of the molecule is CCC(C)C(=O)C1C(OC(C)=O)C(OC(C)=O)C2(COC(C)=O)C(OC(C)=O)C(=O)C3C(OC(C)=O)C2(OC3(C)COC(=O)c2ccccc2)C1(C)O. The lowest BCUT2D eigenvalue weighted by molar-refractivity contribution is -0.364. The molecule has 2 bridgehead atoms. The van der Waals surface area contributed by atoms with E-state index in [9.17, 15) is 38.7 Å². The van der Waals surface area contributed by atoms with Gasteiger partial charge >= 0.3 is 35.8 Å². The number of fused-ring (bicyclic) bond motifs is 1. The minimum absolute atomic E-state index is 0.128. The average Bonchev–Trinajstić information content (AvgIpc) is 3.29. The Morgan fingerprint density at radius 3 is 1.83 bits per heavy atom. The first kappa shape index (κ1) is 41.1. The Kier molecular flexibility index (Phi) is 11.6. The topological polar surface area (TPSA) is 221 Å². The quantitative estimate of drug-likeness (QED) is 0.238. The van der Waals surface area contributed by atoms with Gasteiger partial charge in [-0.05, 0) is 32.4 Å². The summed E-state index contributed by atoms with van der Waals surface area (Å²) in [5, 5.41) is 13.2. The third-order valence-corrected chi connectivity index (χ3v) is 10.6. The highest BCUT2D eigenvalue weighted by atomic mass is 16.6. The number of hydrogen-bond donors (Lipinski definition) is 1. The summed E-state index contributed by atoms with van der Waals surface area (Å²) in [4.78, 5) is 107. The molecule has 16 heteroatoms. The zero-order valence-corrected chi connectivity index (χ0v) is 31.1. The Labute approximate surface area is 306 Å². The molecule has 16 nitrogen and oxygen atoms in total. The maximum Gasteiger partial charge on any atom is 0.338 e. The van der Waals surface area contributed by atoms with Crippen LogP contribution in [0.2, 0.25) is 0 Å². The Morgan fingerprint density at radius 2 is 1.32 bits per heavy atom. The fraction of sp³-hybridized carbons (Fsp3) is 0.622. The molecule has 290 valence electrons. The summed E-state index contributed by atoms with van der Waals surface area (Å²) >= 11 is 0. The molecule has 3 aliphatic rings. The number of esters is 6. The van der Waals surface area contributed by atoms with Crippen molar-refractivity contribution in [2.75, 3.05) is 13.2 Å². The zero-order valence-electron chi connectivity index (χ0n) is 31.1. The molecule has 1 heterocycles. The maximum absolute atomic E-state index is 15.1. The van der Waals surface area contributed by atoms with Crippen molar-refractivity contribution in [2.24, 2.45) is 23.2 Å². The van der Waals surface area contributed by atoms with Crippen molar-refractivity contribution in [3.05, 3.63) is 35.9 Å². The molecular formula is C37H46O16. The van der Waals surface area contributed by atoms with Crippen LogP contribution in [0.1, 0.15) is 79.1 Å². The molecule has 0 aromatic heterocycles. The van der Waals surface area contributed by atoms with Crippen molar-refractivity contribution >= 4 is 47.4 Å². The highest BCUT2D eigenvalue weighted by Crippen LogP contribution is 2.69. The molecule has 0 amide bonds. The average molecular weight is 747 g/mol. The van der Waals surface area contributed by atoms with Crippen LogP contribution in [0.3, 0.4) is 0 Å². The molecule has 1 N–H and O–H groups in total. The predicted molar refractivity (Wildman–Crippen MR) is 177 cm³/mol. The van der Waals surface area contributed by atoms with Crippen LogP contribution in [-0.4, -0.2) is 107 Å². The number of aliphatic hydroxyl groups is 1. The molecule has 2 saturated carbocycles. The van der Waals surface area contributed by atoms with Gasteiger partial charge < -0.3 is 38.3 Å². The van der Waals surface area contributed by atoms with E-state index in [0.717, 1.165) is 41.5 Å². The second-order valence-corrected chi connectivity index (χ2v) is 14.3. The monoisotopic (exact) mass is 746 g/mol. The summed E-state index contributed by atoms with van der Waals surface area (Å²) in [7, 11) is 0. The third-order valence-electron chi connectivity index (χ3n) is 10.6. The van der Waals surface area contributed by atoms with E-state index in [0.29, 0.717) is 0 Å². The molecule has 53 heavy (non-hydrogen) atoms. The molecule has 1 saturated heterocycles. The highest BCUT2D eigenvalue weighted by Gasteiger charge is 2.91. The first-order valence-electron chi connectivity index (χ1n) is 17.2. The molecule has 0 radical (unpaired) electrons. The summed E-state index contributed by atoms with van der Waals surface area (Å²) in [5.41, 5.74) is -9.97. The molecule has 1 aromatic carbocycles.